The number of halogens is 1. The van der Waals surface area contributed by atoms with Crippen LogP contribution in [0.4, 0.5) is 10.3 Å². The number of benzene rings is 2. The average Bonchev–Trinajstić information content (AvgIpc) is 3.41. The van der Waals surface area contributed by atoms with Crippen molar-refractivity contribution >= 4 is 28.8 Å². The van der Waals surface area contributed by atoms with Crippen LogP contribution >= 0.6 is 0 Å². The molecule has 42 heavy (non-hydrogen) atoms. The number of fused-ring (bicyclic) bond motifs is 1. The molecule has 0 spiro atoms. The molecule has 0 aliphatic carbocycles. The van der Waals surface area contributed by atoms with Crippen LogP contribution < -0.4 is 11.1 Å². The van der Waals surface area contributed by atoms with Gasteiger partial charge in [-0.1, -0.05) is 30.3 Å². The van der Waals surface area contributed by atoms with E-state index in [0.29, 0.717) is 56.2 Å². The summed E-state index contributed by atoms with van der Waals surface area (Å²) in [6.45, 7) is 1.59. The summed E-state index contributed by atoms with van der Waals surface area (Å²) in [7, 11) is 0. The van der Waals surface area contributed by atoms with E-state index in [9.17, 15) is 14.0 Å². The van der Waals surface area contributed by atoms with Gasteiger partial charge in [-0.3, -0.25) is 19.9 Å². The number of aromatic amines is 1. The van der Waals surface area contributed by atoms with Crippen LogP contribution in [0.1, 0.15) is 36.8 Å². The number of carbonyl (C=O) groups excluding carboxylic acids is 2. The summed E-state index contributed by atoms with van der Waals surface area (Å²) in [6, 6.07) is 17.5. The first-order valence-corrected chi connectivity index (χ1v) is 14.2. The second-order valence-corrected chi connectivity index (χ2v) is 10.6. The first-order chi connectivity index (χ1) is 20.4. The molecular formula is C32H35FN6O3. The highest BCUT2D eigenvalue weighted by Crippen LogP contribution is 2.26. The highest BCUT2D eigenvalue weighted by molar-refractivity contribution is 6.03. The van der Waals surface area contributed by atoms with Gasteiger partial charge in [0.15, 0.2) is 0 Å². The molecule has 4 N–H and O–H groups in total. The van der Waals surface area contributed by atoms with E-state index in [2.05, 4.69) is 20.3 Å². The maximum absolute atomic E-state index is 13.5. The van der Waals surface area contributed by atoms with Gasteiger partial charge >= 0.3 is 0 Å². The normalized spacial score (nSPS) is 14.5. The molecule has 2 aromatic heterocycles. The number of carbonyl (C=O) groups is 2. The van der Waals surface area contributed by atoms with Crippen molar-refractivity contribution in [1.82, 2.24) is 19.9 Å². The monoisotopic (exact) mass is 570 g/mol. The number of hydrogen-bond acceptors (Lipinski definition) is 6. The highest BCUT2D eigenvalue weighted by Gasteiger charge is 2.25. The van der Waals surface area contributed by atoms with E-state index in [4.69, 9.17) is 10.5 Å². The van der Waals surface area contributed by atoms with Crippen LogP contribution in [-0.2, 0) is 27.4 Å². The van der Waals surface area contributed by atoms with Crippen LogP contribution in [0.25, 0.3) is 11.0 Å². The standard InChI is InChI=1S/C32H35FN6O3/c33-25-10-7-22(8-11-25)9-12-26(31(41)38-32-36-28-5-1-2-6-29(28)37-32)27(34)18-23-13-16-39(17-14-23)30(40)21-42-20-24-4-3-15-35-19-24/h1-8,10-11,15,19,23H,9,12-14,16-18,20-21,34H2,(H2,36,37,38,41). The number of pyridine rings is 1. The number of nitrogens with two attached hydrogens (primary N) is 1. The van der Waals surface area contributed by atoms with E-state index in [1.165, 1.54) is 12.1 Å². The molecule has 9 nitrogen and oxygen atoms in total. The second-order valence-electron chi connectivity index (χ2n) is 10.6. The van der Waals surface area contributed by atoms with Crippen molar-refractivity contribution in [3.63, 3.8) is 0 Å². The number of nitrogens with one attached hydrogen (secondary N) is 2. The first kappa shape index (κ1) is 28.9. The molecule has 0 radical (unpaired) electrons. The van der Waals surface area contributed by atoms with Crippen molar-refractivity contribution in [1.29, 1.82) is 0 Å². The van der Waals surface area contributed by atoms with Crippen LogP contribution in [0.15, 0.2) is 84.3 Å². The van der Waals surface area contributed by atoms with E-state index in [1.807, 2.05) is 41.3 Å². The number of piperidine rings is 1. The van der Waals surface area contributed by atoms with Gasteiger partial charge in [0.25, 0.3) is 5.91 Å². The molecule has 0 bridgehead atoms. The number of aryl methyl sites for hydroxylation is 1. The van der Waals surface area contributed by atoms with Crippen molar-refractivity contribution < 1.29 is 18.7 Å². The van der Waals surface area contributed by atoms with Gasteiger partial charge in [0.1, 0.15) is 12.4 Å². The Balaban J connectivity index is 1.19. The van der Waals surface area contributed by atoms with Gasteiger partial charge in [0.2, 0.25) is 11.9 Å². The molecule has 2 amide bonds. The van der Waals surface area contributed by atoms with Crippen LogP contribution in [0.5, 0.6) is 0 Å². The molecule has 218 valence electrons. The second kappa shape index (κ2) is 13.9. The van der Waals surface area contributed by atoms with E-state index < -0.39 is 0 Å². The number of amides is 2. The van der Waals surface area contributed by atoms with Gasteiger partial charge < -0.3 is 20.4 Å². The van der Waals surface area contributed by atoms with Gasteiger partial charge in [-0.15, -0.1) is 0 Å². The lowest BCUT2D eigenvalue weighted by Gasteiger charge is -2.32. The maximum atomic E-state index is 13.5. The molecule has 0 atom stereocenters. The van der Waals surface area contributed by atoms with Gasteiger partial charge in [0.05, 0.1) is 17.6 Å². The SMILES string of the molecule is NC(CC1CCN(C(=O)COCc2cccnc2)CC1)=C(CCc1ccc(F)cc1)C(=O)Nc1nc2ccccc2[nH]1. The topological polar surface area (TPSA) is 126 Å². The summed E-state index contributed by atoms with van der Waals surface area (Å²) < 4.78 is 19.0. The lowest BCUT2D eigenvalue weighted by atomic mass is 9.90. The molecule has 3 heterocycles. The van der Waals surface area contributed by atoms with Gasteiger partial charge in [0, 0.05) is 36.8 Å². The Morgan fingerprint density at radius 2 is 1.83 bits per heavy atom. The third-order valence-corrected chi connectivity index (χ3v) is 7.55. The maximum Gasteiger partial charge on any atom is 0.255 e. The first-order valence-electron chi connectivity index (χ1n) is 14.2. The fraction of sp³-hybridized carbons (Fsp3) is 0.312. The zero-order valence-corrected chi connectivity index (χ0v) is 23.4. The van der Waals surface area contributed by atoms with Crippen LogP contribution in [0.3, 0.4) is 0 Å². The number of anilines is 1. The lowest BCUT2D eigenvalue weighted by Crippen LogP contribution is -2.40. The fourth-order valence-electron chi connectivity index (χ4n) is 5.19. The largest absolute Gasteiger partial charge is 0.402 e. The number of likely N-dealkylation sites (tertiary alicyclic amines) is 1. The van der Waals surface area contributed by atoms with Crippen LogP contribution in [0.2, 0.25) is 0 Å². The zero-order chi connectivity index (χ0) is 29.3. The number of imidazole rings is 1. The van der Waals surface area contributed by atoms with Crippen LogP contribution in [0, 0.1) is 11.7 Å². The Morgan fingerprint density at radius 3 is 2.57 bits per heavy atom. The van der Waals surface area contributed by atoms with Gasteiger partial charge in [-0.25, -0.2) is 9.37 Å². The molecule has 4 aromatic rings. The molecular weight excluding hydrogens is 535 g/mol. The molecule has 5 rings (SSSR count). The molecule has 1 aliphatic heterocycles. The van der Waals surface area contributed by atoms with Gasteiger partial charge in [-0.2, -0.15) is 0 Å². The summed E-state index contributed by atoms with van der Waals surface area (Å²) in [5, 5.41) is 2.87. The smallest absolute Gasteiger partial charge is 0.255 e. The van der Waals surface area contributed by atoms with Crippen molar-refractivity contribution in [2.45, 2.75) is 38.7 Å². The number of rotatable bonds is 11. The number of hydrogen-bond donors (Lipinski definition) is 3. The van der Waals surface area contributed by atoms with E-state index in [-0.39, 0.29) is 30.2 Å². The number of ether oxygens (including phenoxy) is 1. The van der Waals surface area contributed by atoms with E-state index in [1.54, 1.807) is 24.5 Å². The number of allylic oxidation sites excluding steroid dienone is 1. The third-order valence-electron chi connectivity index (χ3n) is 7.55. The quantitative estimate of drug-likeness (QED) is 0.224. The Morgan fingerprint density at radius 1 is 1.05 bits per heavy atom. The molecule has 10 heteroatoms. The van der Waals surface area contributed by atoms with Crippen molar-refractivity contribution in [2.24, 2.45) is 11.7 Å². The lowest BCUT2D eigenvalue weighted by molar-refractivity contribution is -0.138. The number of H-pyrrole nitrogens is 1. The molecule has 0 unspecified atom stereocenters. The Bertz CT molecular complexity index is 1500. The van der Waals surface area contributed by atoms with Crippen LogP contribution in [-0.4, -0.2) is 51.4 Å². The minimum Gasteiger partial charge on any atom is -0.402 e. The van der Waals surface area contributed by atoms with Gasteiger partial charge in [-0.05, 0) is 79.5 Å². The minimum absolute atomic E-state index is 0.0249. The molecule has 2 aromatic carbocycles. The van der Waals surface area contributed by atoms with Crippen molar-refractivity contribution in [3.05, 3.63) is 101 Å². The Labute approximate surface area is 244 Å². The minimum atomic E-state index is -0.313. The molecule has 1 fully saturated rings. The Kier molecular flexibility index (Phi) is 9.55. The number of aromatic nitrogens is 3. The molecule has 1 saturated heterocycles. The third kappa shape index (κ3) is 7.79. The fourth-order valence-corrected chi connectivity index (χ4v) is 5.19. The Hall–Kier alpha value is -4.57. The van der Waals surface area contributed by atoms with E-state index >= 15 is 0 Å². The van der Waals surface area contributed by atoms with E-state index in [0.717, 1.165) is 35.0 Å². The summed E-state index contributed by atoms with van der Waals surface area (Å²) in [5.41, 5.74) is 11.0. The highest BCUT2D eigenvalue weighted by atomic mass is 19.1. The predicted molar refractivity (Wildman–Crippen MR) is 158 cm³/mol. The summed E-state index contributed by atoms with van der Waals surface area (Å²) in [5.74, 6) is -0.0596. The molecule has 1 aliphatic rings. The number of nitrogens with zero attached hydrogens (tertiary/aromatic N) is 3. The number of para-hydroxylation sites is 2. The van der Waals surface area contributed by atoms with Crippen molar-refractivity contribution in [3.8, 4) is 0 Å². The summed E-state index contributed by atoms with van der Waals surface area (Å²) in [4.78, 5) is 39.6. The molecule has 0 saturated carbocycles. The average molecular weight is 571 g/mol. The summed E-state index contributed by atoms with van der Waals surface area (Å²) >= 11 is 0. The van der Waals surface area contributed by atoms with Crippen molar-refractivity contribution in [2.75, 3.05) is 25.0 Å². The summed E-state index contributed by atoms with van der Waals surface area (Å²) in [6.07, 6.45) is 6.47. The zero-order valence-electron chi connectivity index (χ0n) is 23.4. The predicted octanol–water partition coefficient (Wildman–Crippen LogP) is 4.73.